The first-order valence-corrected chi connectivity index (χ1v) is 8.46. The van der Waals surface area contributed by atoms with E-state index in [0.717, 1.165) is 35.7 Å². The lowest BCUT2D eigenvalue weighted by molar-refractivity contribution is -0.143. The molecule has 0 atom stereocenters. The molecule has 0 heterocycles. The van der Waals surface area contributed by atoms with Crippen molar-refractivity contribution >= 4 is 21.9 Å². The van der Waals surface area contributed by atoms with Gasteiger partial charge < -0.3 is 5.11 Å². The first-order valence-electron chi connectivity index (χ1n) is 7.67. The molecule has 1 aromatic rings. The molecule has 0 bridgehead atoms. The average molecular weight is 337 g/mol. The summed E-state index contributed by atoms with van der Waals surface area (Å²) in [4.78, 5) is 11.8. The maximum atomic E-state index is 11.8. The number of benzene rings is 1. The highest BCUT2D eigenvalue weighted by Gasteiger charge is 2.43. The van der Waals surface area contributed by atoms with Gasteiger partial charge in [-0.1, -0.05) is 53.7 Å². The van der Waals surface area contributed by atoms with E-state index in [-0.39, 0.29) is 0 Å². The van der Waals surface area contributed by atoms with Crippen molar-refractivity contribution in [1.29, 1.82) is 0 Å². The summed E-state index contributed by atoms with van der Waals surface area (Å²) in [5.74, 6) is -0.00158. The van der Waals surface area contributed by atoms with Crippen LogP contribution in [0.1, 0.15) is 68.4 Å². The van der Waals surface area contributed by atoms with Crippen LogP contribution in [0.2, 0.25) is 0 Å². The van der Waals surface area contributed by atoms with E-state index in [1.54, 1.807) is 0 Å². The van der Waals surface area contributed by atoms with Crippen LogP contribution in [0.5, 0.6) is 0 Å². The predicted molar refractivity (Wildman–Crippen MR) is 83.1 cm³/mol. The lowest BCUT2D eigenvalue weighted by Crippen LogP contribution is -2.32. The summed E-state index contributed by atoms with van der Waals surface area (Å²) < 4.78 is 1.11. The number of aliphatic carboxylic acids is 1. The van der Waals surface area contributed by atoms with Crippen LogP contribution in [0.4, 0.5) is 0 Å². The fourth-order valence-corrected chi connectivity index (χ4v) is 4.70. The lowest BCUT2D eigenvalue weighted by Gasteiger charge is -2.25. The molecule has 2 aliphatic rings. The molecule has 3 rings (SSSR count). The molecular weight excluding hydrogens is 316 g/mol. The van der Waals surface area contributed by atoms with Crippen molar-refractivity contribution in [3.63, 3.8) is 0 Å². The van der Waals surface area contributed by atoms with Crippen LogP contribution in [0.25, 0.3) is 0 Å². The summed E-state index contributed by atoms with van der Waals surface area (Å²) >= 11 is 3.68. The third kappa shape index (κ3) is 2.30. The van der Waals surface area contributed by atoms with Gasteiger partial charge in [0, 0.05) is 4.47 Å². The van der Waals surface area contributed by atoms with Crippen molar-refractivity contribution in [1.82, 2.24) is 0 Å². The van der Waals surface area contributed by atoms with Crippen molar-refractivity contribution in [2.45, 2.75) is 62.7 Å². The van der Waals surface area contributed by atoms with E-state index in [2.05, 4.69) is 34.1 Å². The first-order chi connectivity index (χ1) is 9.63. The molecule has 108 valence electrons. The third-order valence-electron chi connectivity index (χ3n) is 5.21. The molecule has 2 saturated carbocycles. The molecule has 0 unspecified atom stereocenters. The highest BCUT2D eigenvalue weighted by atomic mass is 79.9. The van der Waals surface area contributed by atoms with Crippen molar-refractivity contribution in [3.05, 3.63) is 33.8 Å². The number of halogens is 1. The van der Waals surface area contributed by atoms with Gasteiger partial charge in [-0.15, -0.1) is 0 Å². The predicted octanol–water partition coefficient (Wildman–Crippen LogP) is 5.00. The maximum Gasteiger partial charge on any atom is 0.314 e. The number of carboxylic acids is 1. The number of hydrogen-bond acceptors (Lipinski definition) is 1. The normalized spacial score (nSPS) is 22.2. The standard InChI is InChI=1S/C17H21BrO2/c18-15-11-13(17(16(19)20)9-3-4-10-17)7-8-14(15)12-5-1-2-6-12/h7-8,11-12H,1-6,9-10H2,(H,19,20). The Morgan fingerprint density at radius 3 is 2.35 bits per heavy atom. The Hall–Kier alpha value is -0.830. The molecule has 20 heavy (non-hydrogen) atoms. The SMILES string of the molecule is O=C(O)C1(c2ccc(C3CCCC3)c(Br)c2)CCCC1. The van der Waals surface area contributed by atoms with E-state index in [4.69, 9.17) is 0 Å². The van der Waals surface area contributed by atoms with Gasteiger partial charge in [0.05, 0.1) is 5.41 Å². The van der Waals surface area contributed by atoms with Gasteiger partial charge in [-0.25, -0.2) is 0 Å². The molecule has 1 N–H and O–H groups in total. The molecule has 0 aliphatic heterocycles. The van der Waals surface area contributed by atoms with Crippen LogP contribution in [0.15, 0.2) is 22.7 Å². The van der Waals surface area contributed by atoms with E-state index in [9.17, 15) is 9.90 Å². The second-order valence-corrected chi connectivity index (χ2v) is 7.17. The molecule has 2 aliphatic carbocycles. The van der Waals surface area contributed by atoms with Gasteiger partial charge in [0.1, 0.15) is 0 Å². The maximum absolute atomic E-state index is 11.8. The van der Waals surface area contributed by atoms with Gasteiger partial charge >= 0.3 is 5.97 Å². The van der Waals surface area contributed by atoms with Gasteiger partial charge in [-0.2, -0.15) is 0 Å². The zero-order chi connectivity index (χ0) is 14.2. The Morgan fingerprint density at radius 2 is 1.80 bits per heavy atom. The number of rotatable bonds is 3. The molecular formula is C17H21BrO2. The Morgan fingerprint density at radius 1 is 1.15 bits per heavy atom. The van der Waals surface area contributed by atoms with Gasteiger partial charge in [-0.05, 0) is 48.8 Å². The van der Waals surface area contributed by atoms with Crippen molar-refractivity contribution in [2.24, 2.45) is 0 Å². The third-order valence-corrected chi connectivity index (χ3v) is 5.90. The zero-order valence-corrected chi connectivity index (χ0v) is 13.3. The fourth-order valence-electron chi connectivity index (χ4n) is 4.00. The van der Waals surface area contributed by atoms with Crippen LogP contribution in [-0.2, 0) is 10.2 Å². The zero-order valence-electron chi connectivity index (χ0n) is 11.7. The van der Waals surface area contributed by atoms with E-state index in [1.165, 1.54) is 31.2 Å². The number of carboxylic acid groups (broad SMARTS) is 1. The van der Waals surface area contributed by atoms with Crippen molar-refractivity contribution in [3.8, 4) is 0 Å². The molecule has 1 aromatic carbocycles. The summed E-state index contributed by atoms with van der Waals surface area (Å²) in [5, 5.41) is 9.67. The topological polar surface area (TPSA) is 37.3 Å². The van der Waals surface area contributed by atoms with Gasteiger partial charge in [0.2, 0.25) is 0 Å². The largest absolute Gasteiger partial charge is 0.481 e. The minimum Gasteiger partial charge on any atom is -0.481 e. The van der Waals surface area contributed by atoms with Crippen LogP contribution >= 0.6 is 15.9 Å². The molecule has 3 heteroatoms. The van der Waals surface area contributed by atoms with E-state index >= 15 is 0 Å². The van der Waals surface area contributed by atoms with Gasteiger partial charge in [-0.3, -0.25) is 4.79 Å². The van der Waals surface area contributed by atoms with E-state index in [1.807, 2.05) is 0 Å². The molecule has 0 saturated heterocycles. The Labute approximate surface area is 128 Å². The molecule has 0 spiro atoms. The van der Waals surface area contributed by atoms with Crippen LogP contribution in [0, 0.1) is 0 Å². The first kappa shape index (κ1) is 14.1. The number of hydrogen-bond donors (Lipinski definition) is 1. The van der Waals surface area contributed by atoms with E-state index in [0.29, 0.717) is 5.92 Å². The minimum absolute atomic E-state index is 0.642. The lowest BCUT2D eigenvalue weighted by atomic mass is 9.78. The van der Waals surface area contributed by atoms with Gasteiger partial charge in [0.15, 0.2) is 0 Å². The summed E-state index contributed by atoms with van der Waals surface area (Å²) in [6, 6.07) is 6.31. The molecule has 0 radical (unpaired) electrons. The summed E-state index contributed by atoms with van der Waals surface area (Å²) in [5.41, 5.74) is 1.71. The summed E-state index contributed by atoms with van der Waals surface area (Å²) in [6.07, 6.45) is 8.76. The smallest absolute Gasteiger partial charge is 0.314 e. The van der Waals surface area contributed by atoms with Crippen molar-refractivity contribution < 1.29 is 9.90 Å². The van der Waals surface area contributed by atoms with Crippen LogP contribution in [0.3, 0.4) is 0 Å². The van der Waals surface area contributed by atoms with Crippen LogP contribution in [-0.4, -0.2) is 11.1 Å². The Balaban J connectivity index is 1.95. The molecule has 0 aromatic heterocycles. The Bertz CT molecular complexity index is 512. The Kier molecular flexibility index (Phi) is 3.89. The molecule has 2 fully saturated rings. The fraction of sp³-hybridized carbons (Fsp3) is 0.588. The monoisotopic (exact) mass is 336 g/mol. The van der Waals surface area contributed by atoms with E-state index < -0.39 is 11.4 Å². The second-order valence-electron chi connectivity index (χ2n) is 6.31. The highest BCUT2D eigenvalue weighted by molar-refractivity contribution is 9.10. The van der Waals surface area contributed by atoms with Crippen LogP contribution < -0.4 is 0 Å². The number of carbonyl (C=O) groups is 1. The highest BCUT2D eigenvalue weighted by Crippen LogP contribution is 2.44. The molecule has 2 nitrogen and oxygen atoms in total. The summed E-state index contributed by atoms with van der Waals surface area (Å²) in [7, 11) is 0. The average Bonchev–Trinajstić information content (AvgIpc) is 3.11. The molecule has 0 amide bonds. The second kappa shape index (κ2) is 5.51. The minimum atomic E-state index is -0.657. The van der Waals surface area contributed by atoms with Crippen molar-refractivity contribution in [2.75, 3.05) is 0 Å². The quantitative estimate of drug-likeness (QED) is 0.842. The van der Waals surface area contributed by atoms with Gasteiger partial charge in [0.25, 0.3) is 0 Å². The summed E-state index contributed by atoms with van der Waals surface area (Å²) in [6.45, 7) is 0.